The van der Waals surface area contributed by atoms with E-state index in [1.54, 1.807) is 60.7 Å². The summed E-state index contributed by atoms with van der Waals surface area (Å²) in [5.41, 5.74) is 13.4. The first-order valence-electron chi connectivity index (χ1n) is 7.51. The Hall–Kier alpha value is -3.18. The number of halogens is 1. The van der Waals surface area contributed by atoms with Crippen LogP contribution in [0.1, 0.15) is 10.4 Å². The van der Waals surface area contributed by atoms with Crippen LogP contribution in [0.3, 0.4) is 0 Å². The van der Waals surface area contributed by atoms with E-state index >= 15 is 0 Å². The van der Waals surface area contributed by atoms with Gasteiger partial charge in [-0.15, -0.1) is 0 Å². The third-order valence-electron chi connectivity index (χ3n) is 3.45. The number of hydrogen-bond acceptors (Lipinski definition) is 4. The van der Waals surface area contributed by atoms with Crippen LogP contribution in [0.15, 0.2) is 66.7 Å². The molecule has 0 spiro atoms. The third kappa shape index (κ3) is 4.22. The van der Waals surface area contributed by atoms with Crippen LogP contribution in [0.4, 0.5) is 17.1 Å². The van der Waals surface area contributed by atoms with Gasteiger partial charge in [0.1, 0.15) is 11.5 Å². The number of nitrogens with two attached hydrogens (primary N) is 2. The van der Waals surface area contributed by atoms with Crippen molar-refractivity contribution in [2.45, 2.75) is 0 Å². The molecule has 0 bridgehead atoms. The number of nitrogen functional groups attached to an aromatic ring is 2. The molecule has 0 atom stereocenters. The first kappa shape index (κ1) is 16.7. The fourth-order valence-electron chi connectivity index (χ4n) is 2.22. The Morgan fingerprint density at radius 3 is 2.32 bits per heavy atom. The molecule has 5 N–H and O–H groups in total. The number of carbonyl (C=O) groups excluding carboxylic acids is 1. The normalized spacial score (nSPS) is 10.3. The second-order valence-electron chi connectivity index (χ2n) is 5.39. The van der Waals surface area contributed by atoms with Gasteiger partial charge >= 0.3 is 0 Å². The SMILES string of the molecule is Nc1ccc(Oc2cccc(NC(=O)c3ccc(N)cc3Cl)c2)cc1. The maximum atomic E-state index is 12.4. The Labute approximate surface area is 150 Å². The lowest BCUT2D eigenvalue weighted by Crippen LogP contribution is -2.12. The highest BCUT2D eigenvalue weighted by Crippen LogP contribution is 2.26. The van der Waals surface area contributed by atoms with E-state index in [1.807, 2.05) is 0 Å². The molecule has 0 fully saturated rings. The molecule has 0 saturated carbocycles. The topological polar surface area (TPSA) is 90.4 Å². The highest BCUT2D eigenvalue weighted by Gasteiger charge is 2.11. The van der Waals surface area contributed by atoms with Crippen LogP contribution < -0.4 is 21.5 Å². The Bertz CT molecular complexity index is 911. The van der Waals surface area contributed by atoms with Crippen LogP contribution in [0.25, 0.3) is 0 Å². The highest BCUT2D eigenvalue weighted by atomic mass is 35.5. The zero-order valence-electron chi connectivity index (χ0n) is 13.2. The van der Waals surface area contributed by atoms with Crippen molar-refractivity contribution in [1.29, 1.82) is 0 Å². The molecular weight excluding hydrogens is 338 g/mol. The molecule has 0 aliphatic rings. The summed E-state index contributed by atoms with van der Waals surface area (Å²) in [6.45, 7) is 0. The van der Waals surface area contributed by atoms with Crippen LogP contribution in [0.5, 0.6) is 11.5 Å². The summed E-state index contributed by atoms with van der Waals surface area (Å²) in [6.07, 6.45) is 0. The van der Waals surface area contributed by atoms with E-state index in [4.69, 9.17) is 27.8 Å². The number of anilines is 3. The van der Waals surface area contributed by atoms with Gasteiger partial charge in [0.05, 0.1) is 10.6 Å². The lowest BCUT2D eigenvalue weighted by atomic mass is 10.2. The second kappa shape index (κ2) is 7.15. The smallest absolute Gasteiger partial charge is 0.257 e. The molecule has 0 unspecified atom stereocenters. The Balaban J connectivity index is 1.75. The van der Waals surface area contributed by atoms with Gasteiger partial charge in [-0.2, -0.15) is 0 Å². The molecule has 0 heterocycles. The summed E-state index contributed by atoms with van der Waals surface area (Å²) in [7, 11) is 0. The number of nitrogens with one attached hydrogen (secondary N) is 1. The standard InChI is InChI=1S/C19H16ClN3O2/c20-18-10-13(22)6-9-17(18)19(24)23-14-2-1-3-16(11-14)25-15-7-4-12(21)5-8-15/h1-11H,21-22H2,(H,23,24). The molecule has 0 aromatic heterocycles. The predicted octanol–water partition coefficient (Wildman–Crippen LogP) is 4.55. The van der Waals surface area contributed by atoms with Gasteiger partial charge in [-0.1, -0.05) is 17.7 Å². The molecule has 3 aromatic carbocycles. The predicted molar refractivity (Wildman–Crippen MR) is 101 cm³/mol. The number of hydrogen-bond donors (Lipinski definition) is 3. The number of amides is 1. The molecule has 0 radical (unpaired) electrons. The summed E-state index contributed by atoms with van der Waals surface area (Å²) >= 11 is 6.07. The minimum atomic E-state index is -0.324. The summed E-state index contributed by atoms with van der Waals surface area (Å²) in [5.74, 6) is 0.917. The first-order valence-corrected chi connectivity index (χ1v) is 7.89. The van der Waals surface area contributed by atoms with Gasteiger partial charge in [0.2, 0.25) is 0 Å². The van der Waals surface area contributed by atoms with Crippen molar-refractivity contribution in [2.75, 3.05) is 16.8 Å². The van der Waals surface area contributed by atoms with Crippen LogP contribution in [-0.4, -0.2) is 5.91 Å². The monoisotopic (exact) mass is 353 g/mol. The van der Waals surface area contributed by atoms with E-state index in [-0.39, 0.29) is 5.91 Å². The average Bonchev–Trinajstić information content (AvgIpc) is 2.57. The van der Waals surface area contributed by atoms with Gasteiger partial charge in [0, 0.05) is 23.1 Å². The lowest BCUT2D eigenvalue weighted by Gasteiger charge is -2.10. The van der Waals surface area contributed by atoms with Gasteiger partial charge < -0.3 is 21.5 Å². The Kier molecular flexibility index (Phi) is 4.77. The quantitative estimate of drug-likeness (QED) is 0.600. The van der Waals surface area contributed by atoms with Gasteiger partial charge in [-0.3, -0.25) is 4.79 Å². The number of carbonyl (C=O) groups is 1. The van der Waals surface area contributed by atoms with Crippen LogP contribution in [0.2, 0.25) is 5.02 Å². The molecule has 6 heteroatoms. The maximum Gasteiger partial charge on any atom is 0.257 e. The fraction of sp³-hybridized carbons (Fsp3) is 0. The largest absolute Gasteiger partial charge is 0.457 e. The Morgan fingerprint density at radius 1 is 0.880 bits per heavy atom. The summed E-state index contributed by atoms with van der Waals surface area (Å²) in [5, 5.41) is 3.09. The molecule has 5 nitrogen and oxygen atoms in total. The summed E-state index contributed by atoms with van der Waals surface area (Å²) in [6, 6.07) is 18.9. The van der Waals surface area contributed by atoms with Crippen molar-refractivity contribution < 1.29 is 9.53 Å². The van der Waals surface area contributed by atoms with Gasteiger partial charge in [-0.25, -0.2) is 0 Å². The summed E-state index contributed by atoms with van der Waals surface area (Å²) < 4.78 is 5.75. The van der Waals surface area contributed by atoms with Crippen LogP contribution in [-0.2, 0) is 0 Å². The minimum absolute atomic E-state index is 0.298. The van der Waals surface area contributed by atoms with Crippen molar-refractivity contribution in [2.24, 2.45) is 0 Å². The van der Waals surface area contributed by atoms with E-state index in [0.29, 0.717) is 39.1 Å². The van der Waals surface area contributed by atoms with Crippen LogP contribution >= 0.6 is 11.6 Å². The van der Waals surface area contributed by atoms with E-state index in [0.717, 1.165) is 0 Å². The van der Waals surface area contributed by atoms with Crippen molar-refractivity contribution in [3.05, 3.63) is 77.3 Å². The van der Waals surface area contributed by atoms with E-state index in [9.17, 15) is 4.79 Å². The summed E-state index contributed by atoms with van der Waals surface area (Å²) in [4.78, 5) is 12.4. The van der Waals surface area contributed by atoms with Crippen molar-refractivity contribution >= 4 is 34.6 Å². The molecular formula is C19H16ClN3O2. The molecule has 3 rings (SSSR count). The molecule has 126 valence electrons. The number of benzene rings is 3. The third-order valence-corrected chi connectivity index (χ3v) is 3.76. The van der Waals surface area contributed by atoms with Gasteiger partial charge in [-0.05, 0) is 54.6 Å². The van der Waals surface area contributed by atoms with E-state index in [2.05, 4.69) is 5.32 Å². The van der Waals surface area contributed by atoms with Crippen molar-refractivity contribution in [3.8, 4) is 11.5 Å². The first-order chi connectivity index (χ1) is 12.0. The molecule has 25 heavy (non-hydrogen) atoms. The zero-order valence-corrected chi connectivity index (χ0v) is 14.0. The van der Waals surface area contributed by atoms with E-state index in [1.165, 1.54) is 6.07 Å². The van der Waals surface area contributed by atoms with Gasteiger partial charge in [0.25, 0.3) is 5.91 Å². The average molecular weight is 354 g/mol. The van der Waals surface area contributed by atoms with Crippen LogP contribution in [0, 0.1) is 0 Å². The highest BCUT2D eigenvalue weighted by molar-refractivity contribution is 6.34. The molecule has 0 aliphatic carbocycles. The van der Waals surface area contributed by atoms with Gasteiger partial charge in [0.15, 0.2) is 0 Å². The van der Waals surface area contributed by atoms with E-state index < -0.39 is 0 Å². The number of ether oxygens (including phenoxy) is 1. The minimum Gasteiger partial charge on any atom is -0.457 e. The molecule has 0 saturated heterocycles. The molecule has 3 aromatic rings. The second-order valence-corrected chi connectivity index (χ2v) is 5.80. The zero-order chi connectivity index (χ0) is 17.8. The molecule has 1 amide bonds. The maximum absolute atomic E-state index is 12.4. The van der Waals surface area contributed by atoms with Crippen molar-refractivity contribution in [1.82, 2.24) is 0 Å². The Morgan fingerprint density at radius 2 is 1.60 bits per heavy atom. The fourth-order valence-corrected chi connectivity index (χ4v) is 2.50. The lowest BCUT2D eigenvalue weighted by molar-refractivity contribution is 0.102. The van der Waals surface area contributed by atoms with Crippen molar-refractivity contribution in [3.63, 3.8) is 0 Å². The number of rotatable bonds is 4. The molecule has 0 aliphatic heterocycles.